The average molecular weight is 391 g/mol. The number of morpholine rings is 1. The zero-order valence-corrected chi connectivity index (χ0v) is 16.8. The molecule has 0 N–H and O–H groups in total. The molecule has 1 aromatic carbocycles. The van der Waals surface area contributed by atoms with Crippen LogP contribution in [0, 0.1) is 0 Å². The van der Waals surface area contributed by atoms with Gasteiger partial charge < -0.3 is 19.1 Å². The summed E-state index contributed by atoms with van der Waals surface area (Å²) < 4.78 is 15.9. The third-order valence-electron chi connectivity index (χ3n) is 4.41. The van der Waals surface area contributed by atoms with Crippen LogP contribution in [-0.2, 0) is 17.8 Å². The highest BCUT2D eigenvalue weighted by Crippen LogP contribution is 2.24. The molecule has 0 spiro atoms. The summed E-state index contributed by atoms with van der Waals surface area (Å²) in [5.74, 6) is 1.08. The fourth-order valence-electron chi connectivity index (χ4n) is 2.91. The first-order valence-electron chi connectivity index (χ1n) is 8.81. The van der Waals surface area contributed by atoms with Crippen LogP contribution in [0.25, 0.3) is 0 Å². The first kappa shape index (κ1) is 19.6. The topological polar surface area (TPSA) is 64.1 Å². The molecule has 0 radical (unpaired) electrons. The van der Waals surface area contributed by atoms with E-state index in [-0.39, 0.29) is 5.91 Å². The van der Waals surface area contributed by atoms with E-state index in [4.69, 9.17) is 14.2 Å². The maximum atomic E-state index is 12.8. The second-order valence-corrected chi connectivity index (χ2v) is 7.33. The van der Waals surface area contributed by atoms with Gasteiger partial charge in [0.25, 0.3) is 5.91 Å². The van der Waals surface area contributed by atoms with E-state index >= 15 is 0 Å². The maximum Gasteiger partial charge on any atom is 0.254 e. The number of ether oxygens (including phenoxy) is 3. The van der Waals surface area contributed by atoms with Gasteiger partial charge in [-0.1, -0.05) is 0 Å². The first-order valence-corrected chi connectivity index (χ1v) is 9.69. The molecule has 1 aromatic heterocycles. The molecule has 0 atom stereocenters. The van der Waals surface area contributed by atoms with Crippen LogP contribution < -0.4 is 9.47 Å². The van der Waals surface area contributed by atoms with Gasteiger partial charge in [-0.15, -0.1) is 11.3 Å². The lowest BCUT2D eigenvalue weighted by atomic mass is 10.1. The summed E-state index contributed by atoms with van der Waals surface area (Å²) in [6, 6.07) is 5.17. The Balaban J connectivity index is 1.63. The molecule has 7 nitrogen and oxygen atoms in total. The van der Waals surface area contributed by atoms with Crippen molar-refractivity contribution in [1.29, 1.82) is 0 Å². The second-order valence-electron chi connectivity index (χ2n) is 6.38. The minimum atomic E-state index is -0.102. The quantitative estimate of drug-likeness (QED) is 0.721. The molecular weight excluding hydrogens is 366 g/mol. The van der Waals surface area contributed by atoms with E-state index < -0.39 is 0 Å². The minimum Gasteiger partial charge on any atom is -0.497 e. The van der Waals surface area contributed by atoms with Crippen LogP contribution in [0.3, 0.4) is 0 Å². The second kappa shape index (κ2) is 9.16. The lowest BCUT2D eigenvalue weighted by Crippen LogP contribution is -2.35. The Hall–Kier alpha value is -2.16. The molecule has 0 aliphatic carbocycles. The molecule has 8 heteroatoms. The monoisotopic (exact) mass is 391 g/mol. The van der Waals surface area contributed by atoms with Crippen molar-refractivity contribution in [3.8, 4) is 11.5 Å². The van der Waals surface area contributed by atoms with Crippen molar-refractivity contribution in [1.82, 2.24) is 14.8 Å². The molecule has 1 fully saturated rings. The number of methoxy groups -OCH3 is 2. The van der Waals surface area contributed by atoms with Crippen molar-refractivity contribution < 1.29 is 19.0 Å². The number of aromatic nitrogens is 1. The van der Waals surface area contributed by atoms with Gasteiger partial charge in [-0.3, -0.25) is 9.69 Å². The third-order valence-corrected chi connectivity index (χ3v) is 5.29. The van der Waals surface area contributed by atoms with Crippen LogP contribution in [0.2, 0.25) is 0 Å². The van der Waals surface area contributed by atoms with E-state index in [1.54, 1.807) is 55.7 Å². The predicted molar refractivity (Wildman–Crippen MR) is 104 cm³/mol. The number of hydrogen-bond acceptors (Lipinski definition) is 7. The number of rotatable bonds is 7. The summed E-state index contributed by atoms with van der Waals surface area (Å²) >= 11 is 1.63. The summed E-state index contributed by atoms with van der Waals surface area (Å²) in [5.41, 5.74) is 1.42. The number of amides is 1. The Kier molecular flexibility index (Phi) is 6.65. The van der Waals surface area contributed by atoms with Crippen molar-refractivity contribution in [2.75, 3.05) is 47.6 Å². The van der Waals surface area contributed by atoms with E-state index in [0.29, 0.717) is 23.6 Å². The van der Waals surface area contributed by atoms with Gasteiger partial charge in [0.1, 0.15) is 16.5 Å². The molecular formula is C19H25N3O4S. The van der Waals surface area contributed by atoms with Crippen molar-refractivity contribution in [3.05, 3.63) is 39.8 Å². The Labute approximate surface area is 163 Å². The number of thiazole rings is 1. The Bertz CT molecular complexity index is 752. The maximum absolute atomic E-state index is 12.8. The van der Waals surface area contributed by atoms with Gasteiger partial charge in [0.15, 0.2) is 0 Å². The summed E-state index contributed by atoms with van der Waals surface area (Å²) in [5, 5.41) is 3.09. The van der Waals surface area contributed by atoms with Gasteiger partial charge >= 0.3 is 0 Å². The van der Waals surface area contributed by atoms with Crippen molar-refractivity contribution in [3.63, 3.8) is 0 Å². The zero-order chi connectivity index (χ0) is 19.2. The van der Waals surface area contributed by atoms with Gasteiger partial charge in [-0.25, -0.2) is 4.98 Å². The minimum absolute atomic E-state index is 0.102. The molecule has 2 aromatic rings. The van der Waals surface area contributed by atoms with Crippen LogP contribution in [0.1, 0.15) is 21.1 Å². The Morgan fingerprint density at radius 1 is 1.22 bits per heavy atom. The van der Waals surface area contributed by atoms with E-state index in [1.165, 1.54) is 0 Å². The van der Waals surface area contributed by atoms with Gasteiger partial charge in [0.2, 0.25) is 0 Å². The summed E-state index contributed by atoms with van der Waals surface area (Å²) in [6.07, 6.45) is 0. The van der Waals surface area contributed by atoms with Crippen LogP contribution in [0.5, 0.6) is 11.5 Å². The van der Waals surface area contributed by atoms with Gasteiger partial charge in [0.05, 0.1) is 46.2 Å². The summed E-state index contributed by atoms with van der Waals surface area (Å²) in [7, 11) is 4.91. The number of benzene rings is 1. The summed E-state index contributed by atoms with van der Waals surface area (Å²) in [6.45, 7) is 4.71. The van der Waals surface area contributed by atoms with Gasteiger partial charge in [-0.05, 0) is 12.1 Å². The van der Waals surface area contributed by atoms with E-state index in [9.17, 15) is 4.79 Å². The smallest absolute Gasteiger partial charge is 0.254 e. The molecule has 0 unspecified atom stereocenters. The number of nitrogens with zero attached hydrogens (tertiary/aromatic N) is 3. The van der Waals surface area contributed by atoms with Crippen molar-refractivity contribution in [2.45, 2.75) is 13.1 Å². The molecule has 146 valence electrons. The molecule has 1 saturated heterocycles. The van der Waals surface area contributed by atoms with Crippen LogP contribution in [0.15, 0.2) is 23.6 Å². The molecule has 27 heavy (non-hydrogen) atoms. The standard InChI is InChI=1S/C19H25N3O4S/c1-21(19(23)14-8-16(24-2)10-17(9-14)25-3)11-15-13-27-18(20-15)12-22-4-6-26-7-5-22/h8-10,13H,4-7,11-12H2,1-3H3. The Morgan fingerprint density at radius 2 is 1.89 bits per heavy atom. The lowest BCUT2D eigenvalue weighted by molar-refractivity contribution is 0.0341. The van der Waals surface area contributed by atoms with Crippen LogP contribution >= 0.6 is 11.3 Å². The van der Waals surface area contributed by atoms with Crippen LogP contribution in [-0.4, -0.2) is 68.3 Å². The highest BCUT2D eigenvalue weighted by molar-refractivity contribution is 7.09. The van der Waals surface area contributed by atoms with E-state index in [2.05, 4.69) is 9.88 Å². The third kappa shape index (κ3) is 5.18. The molecule has 0 bridgehead atoms. The number of hydrogen-bond donors (Lipinski definition) is 0. The SMILES string of the molecule is COc1cc(OC)cc(C(=O)N(C)Cc2csc(CN3CCOCC3)n2)c1. The highest BCUT2D eigenvalue weighted by atomic mass is 32.1. The number of carbonyl (C=O) groups excluding carboxylic acids is 1. The van der Waals surface area contributed by atoms with Gasteiger partial charge in [0, 0.05) is 37.1 Å². The predicted octanol–water partition coefficient (Wildman–Crippen LogP) is 2.26. The fraction of sp³-hybridized carbons (Fsp3) is 0.474. The highest BCUT2D eigenvalue weighted by Gasteiger charge is 2.17. The first-order chi connectivity index (χ1) is 13.1. The molecule has 1 aliphatic heterocycles. The largest absolute Gasteiger partial charge is 0.497 e. The average Bonchev–Trinajstić information content (AvgIpc) is 3.14. The lowest BCUT2D eigenvalue weighted by Gasteiger charge is -2.25. The zero-order valence-electron chi connectivity index (χ0n) is 15.9. The molecule has 1 aliphatic rings. The van der Waals surface area contributed by atoms with E-state index in [0.717, 1.165) is 43.5 Å². The molecule has 3 rings (SSSR count). The van der Waals surface area contributed by atoms with E-state index in [1.807, 2.05) is 5.38 Å². The molecule has 1 amide bonds. The fourth-order valence-corrected chi connectivity index (χ4v) is 3.74. The molecule has 0 saturated carbocycles. The molecule has 2 heterocycles. The van der Waals surface area contributed by atoms with Crippen molar-refractivity contribution >= 4 is 17.2 Å². The normalized spacial score (nSPS) is 14.8. The Morgan fingerprint density at radius 3 is 2.52 bits per heavy atom. The van der Waals surface area contributed by atoms with Crippen LogP contribution in [0.4, 0.5) is 0 Å². The van der Waals surface area contributed by atoms with Crippen molar-refractivity contribution in [2.24, 2.45) is 0 Å². The number of carbonyl (C=O) groups is 1. The summed E-state index contributed by atoms with van der Waals surface area (Å²) in [4.78, 5) is 21.4. The van der Waals surface area contributed by atoms with Gasteiger partial charge in [-0.2, -0.15) is 0 Å².